The Morgan fingerprint density at radius 2 is 1.44 bits per heavy atom. The Bertz CT molecular complexity index is 1210. The fourth-order valence-corrected chi connectivity index (χ4v) is 5.55. The van der Waals surface area contributed by atoms with Gasteiger partial charge in [0.2, 0.25) is 0 Å². The average Bonchev–Trinajstić information content (AvgIpc) is 3.42. The summed E-state index contributed by atoms with van der Waals surface area (Å²) in [5, 5.41) is 8.80. The van der Waals surface area contributed by atoms with Gasteiger partial charge in [0.25, 0.3) is 0 Å². The standard InChI is InChI=1S/C22H17NO2S2/c1-24-20-13-26-11-16(20)22-21(25-2)19(12-27-22)23-17-9-5-3-7-14(17)15-8-4-6-10-18(15)23/h3-13H,1-2H3. The topological polar surface area (TPSA) is 23.4 Å². The molecule has 0 atom stereocenters. The maximum Gasteiger partial charge on any atom is 0.161 e. The second-order valence-electron chi connectivity index (χ2n) is 6.21. The highest BCUT2D eigenvalue weighted by Crippen LogP contribution is 2.47. The number of benzene rings is 2. The number of hydrogen-bond acceptors (Lipinski definition) is 4. The molecule has 27 heavy (non-hydrogen) atoms. The van der Waals surface area contributed by atoms with Crippen LogP contribution >= 0.6 is 22.7 Å². The molecule has 134 valence electrons. The monoisotopic (exact) mass is 391 g/mol. The lowest BCUT2D eigenvalue weighted by molar-refractivity contribution is 0.412. The van der Waals surface area contributed by atoms with E-state index in [0.717, 1.165) is 27.6 Å². The van der Waals surface area contributed by atoms with E-state index in [-0.39, 0.29) is 0 Å². The number of fused-ring (bicyclic) bond motifs is 3. The highest BCUT2D eigenvalue weighted by atomic mass is 32.1. The van der Waals surface area contributed by atoms with Crippen LogP contribution < -0.4 is 9.47 Å². The van der Waals surface area contributed by atoms with Crippen LogP contribution in [0, 0.1) is 0 Å². The van der Waals surface area contributed by atoms with Crippen LogP contribution in [0.25, 0.3) is 37.9 Å². The first-order valence-electron chi connectivity index (χ1n) is 8.58. The smallest absolute Gasteiger partial charge is 0.161 e. The minimum absolute atomic E-state index is 0.878. The Labute approximate surface area is 165 Å². The number of nitrogens with zero attached hydrogens (tertiary/aromatic N) is 1. The lowest BCUT2D eigenvalue weighted by Crippen LogP contribution is -1.95. The van der Waals surface area contributed by atoms with E-state index >= 15 is 0 Å². The molecule has 0 fully saturated rings. The lowest BCUT2D eigenvalue weighted by Gasteiger charge is -2.10. The van der Waals surface area contributed by atoms with Gasteiger partial charge in [0.15, 0.2) is 5.75 Å². The second-order valence-corrected chi connectivity index (χ2v) is 7.83. The normalized spacial score (nSPS) is 11.3. The highest BCUT2D eigenvalue weighted by molar-refractivity contribution is 7.15. The zero-order valence-corrected chi connectivity index (χ0v) is 16.6. The third-order valence-electron chi connectivity index (χ3n) is 4.84. The van der Waals surface area contributed by atoms with Gasteiger partial charge in [0.1, 0.15) is 11.4 Å². The summed E-state index contributed by atoms with van der Waals surface area (Å²) in [6.45, 7) is 0. The number of aromatic nitrogens is 1. The molecule has 0 unspecified atom stereocenters. The molecule has 2 aromatic carbocycles. The van der Waals surface area contributed by atoms with Crippen molar-refractivity contribution >= 4 is 44.5 Å². The summed E-state index contributed by atoms with van der Waals surface area (Å²) in [6, 6.07) is 17.0. The fraction of sp³-hybridized carbons (Fsp3) is 0.0909. The second kappa shape index (κ2) is 6.44. The molecule has 5 aromatic rings. The predicted molar refractivity (Wildman–Crippen MR) is 115 cm³/mol. The van der Waals surface area contributed by atoms with Gasteiger partial charge < -0.3 is 14.0 Å². The van der Waals surface area contributed by atoms with Crippen molar-refractivity contribution in [3.63, 3.8) is 0 Å². The number of para-hydroxylation sites is 2. The van der Waals surface area contributed by atoms with E-state index in [1.807, 2.05) is 5.38 Å². The van der Waals surface area contributed by atoms with E-state index in [1.165, 1.54) is 21.8 Å². The number of methoxy groups -OCH3 is 2. The molecule has 0 spiro atoms. The number of thiophene rings is 2. The molecule has 5 rings (SSSR count). The number of rotatable bonds is 4. The average molecular weight is 392 g/mol. The molecule has 0 aliphatic rings. The van der Waals surface area contributed by atoms with Crippen molar-refractivity contribution < 1.29 is 9.47 Å². The highest BCUT2D eigenvalue weighted by Gasteiger charge is 2.22. The molecule has 0 bridgehead atoms. The first-order valence-corrected chi connectivity index (χ1v) is 10.4. The van der Waals surface area contributed by atoms with Crippen LogP contribution in [0.15, 0.2) is 64.7 Å². The Morgan fingerprint density at radius 3 is 2.07 bits per heavy atom. The molecule has 3 nitrogen and oxygen atoms in total. The van der Waals surface area contributed by atoms with Gasteiger partial charge in [-0.25, -0.2) is 0 Å². The maximum atomic E-state index is 5.90. The Balaban J connectivity index is 1.84. The van der Waals surface area contributed by atoms with E-state index in [2.05, 4.69) is 63.9 Å². The van der Waals surface area contributed by atoms with Gasteiger partial charge in [0, 0.05) is 32.5 Å². The van der Waals surface area contributed by atoms with Crippen LogP contribution in [0.2, 0.25) is 0 Å². The Kier molecular flexibility index (Phi) is 3.92. The van der Waals surface area contributed by atoms with Crippen molar-refractivity contribution in [3.05, 3.63) is 64.7 Å². The third-order valence-corrected chi connectivity index (χ3v) is 6.55. The zero-order chi connectivity index (χ0) is 18.4. The van der Waals surface area contributed by atoms with Crippen molar-refractivity contribution in [2.75, 3.05) is 14.2 Å². The molecule has 5 heteroatoms. The summed E-state index contributed by atoms with van der Waals surface area (Å²) in [6.07, 6.45) is 0. The largest absolute Gasteiger partial charge is 0.495 e. The van der Waals surface area contributed by atoms with Gasteiger partial charge in [-0.15, -0.1) is 22.7 Å². The van der Waals surface area contributed by atoms with Crippen LogP contribution in [-0.2, 0) is 0 Å². The summed E-state index contributed by atoms with van der Waals surface area (Å²) in [7, 11) is 3.45. The molecule has 0 aliphatic heterocycles. The van der Waals surface area contributed by atoms with Crippen LogP contribution in [0.5, 0.6) is 11.5 Å². The SMILES string of the molecule is COc1cscc1-c1scc(-n2c3ccccc3c3ccccc32)c1OC. The maximum absolute atomic E-state index is 5.90. The van der Waals surface area contributed by atoms with Crippen molar-refractivity contribution in [3.8, 4) is 27.6 Å². The molecule has 0 N–H and O–H groups in total. The van der Waals surface area contributed by atoms with Crippen molar-refractivity contribution in [2.24, 2.45) is 0 Å². The summed E-state index contributed by atoms with van der Waals surface area (Å²) in [5.74, 6) is 1.76. The third kappa shape index (κ3) is 2.39. The fourth-order valence-electron chi connectivity index (χ4n) is 3.67. The van der Waals surface area contributed by atoms with Crippen LogP contribution in [0.3, 0.4) is 0 Å². The van der Waals surface area contributed by atoms with Crippen LogP contribution in [-0.4, -0.2) is 18.8 Å². The van der Waals surface area contributed by atoms with E-state index in [4.69, 9.17) is 9.47 Å². The van der Waals surface area contributed by atoms with Crippen LogP contribution in [0.1, 0.15) is 0 Å². The summed E-state index contributed by atoms with van der Waals surface area (Å²) in [4.78, 5) is 1.09. The zero-order valence-electron chi connectivity index (χ0n) is 14.9. The first-order chi connectivity index (χ1) is 13.3. The molecule has 0 amide bonds. The van der Waals surface area contributed by atoms with Gasteiger partial charge in [-0.05, 0) is 12.1 Å². The quantitative estimate of drug-likeness (QED) is 0.345. The van der Waals surface area contributed by atoms with Gasteiger partial charge in [-0.1, -0.05) is 36.4 Å². The Hall–Kier alpha value is -2.76. The van der Waals surface area contributed by atoms with E-state index in [0.29, 0.717) is 0 Å². The van der Waals surface area contributed by atoms with E-state index in [1.54, 1.807) is 36.9 Å². The summed E-state index contributed by atoms with van der Waals surface area (Å²) >= 11 is 3.32. The number of ether oxygens (including phenoxy) is 2. The molecule has 3 heterocycles. The molecule has 0 radical (unpaired) electrons. The minimum Gasteiger partial charge on any atom is -0.495 e. The molecule has 3 aromatic heterocycles. The lowest BCUT2D eigenvalue weighted by atomic mass is 10.2. The summed E-state index contributed by atoms with van der Waals surface area (Å²) in [5.41, 5.74) is 4.50. The first kappa shape index (κ1) is 16.4. The van der Waals surface area contributed by atoms with Gasteiger partial charge in [-0.2, -0.15) is 0 Å². The Morgan fingerprint density at radius 1 is 0.778 bits per heavy atom. The van der Waals surface area contributed by atoms with Gasteiger partial charge in [0.05, 0.1) is 30.1 Å². The van der Waals surface area contributed by atoms with Gasteiger partial charge in [-0.3, -0.25) is 0 Å². The number of hydrogen-bond donors (Lipinski definition) is 0. The molecule has 0 saturated heterocycles. The molecular formula is C22H17NO2S2. The van der Waals surface area contributed by atoms with Crippen molar-refractivity contribution in [2.45, 2.75) is 0 Å². The van der Waals surface area contributed by atoms with E-state index in [9.17, 15) is 0 Å². The molecule has 0 aliphatic carbocycles. The van der Waals surface area contributed by atoms with Crippen LogP contribution in [0.4, 0.5) is 0 Å². The predicted octanol–water partition coefficient (Wildman–Crippen LogP) is 6.59. The van der Waals surface area contributed by atoms with Crippen molar-refractivity contribution in [1.82, 2.24) is 4.57 Å². The molecular weight excluding hydrogens is 374 g/mol. The van der Waals surface area contributed by atoms with Crippen molar-refractivity contribution in [1.29, 1.82) is 0 Å². The molecule has 0 saturated carbocycles. The minimum atomic E-state index is 0.878. The summed E-state index contributed by atoms with van der Waals surface area (Å²) < 4.78 is 13.7. The van der Waals surface area contributed by atoms with E-state index < -0.39 is 0 Å². The van der Waals surface area contributed by atoms with Gasteiger partial charge >= 0.3 is 0 Å².